The average Bonchev–Trinajstić information content (AvgIpc) is 2.16. The quantitative estimate of drug-likeness (QED) is 0.895. The summed E-state index contributed by atoms with van der Waals surface area (Å²) >= 11 is 5.70. The Kier molecular flexibility index (Phi) is 4.44. The number of benzene rings is 1. The molecule has 0 bridgehead atoms. The van der Waals surface area contributed by atoms with Crippen molar-refractivity contribution in [3.8, 4) is 5.75 Å². The molecule has 90 valence electrons. The van der Waals surface area contributed by atoms with Gasteiger partial charge in [0.1, 0.15) is 5.75 Å². The van der Waals surface area contributed by atoms with Crippen molar-refractivity contribution in [2.24, 2.45) is 5.73 Å². The van der Waals surface area contributed by atoms with Crippen LogP contribution in [0.5, 0.6) is 5.75 Å². The second kappa shape index (κ2) is 5.41. The Morgan fingerprint density at radius 1 is 1.31 bits per heavy atom. The van der Waals surface area contributed by atoms with Gasteiger partial charge in [-0.25, -0.2) is 0 Å². The topological polar surface area (TPSA) is 35.2 Å². The predicted molar refractivity (Wildman–Crippen MR) is 55.5 cm³/mol. The van der Waals surface area contributed by atoms with E-state index in [4.69, 9.17) is 17.3 Å². The van der Waals surface area contributed by atoms with Crippen LogP contribution < -0.4 is 10.5 Å². The van der Waals surface area contributed by atoms with E-state index in [1.165, 1.54) is 18.2 Å². The van der Waals surface area contributed by atoms with E-state index in [9.17, 15) is 13.2 Å². The van der Waals surface area contributed by atoms with Gasteiger partial charge in [0, 0.05) is 5.02 Å². The molecule has 1 rings (SSSR count). The minimum Gasteiger partial charge on any atom is -0.406 e. The van der Waals surface area contributed by atoms with Crippen molar-refractivity contribution < 1.29 is 17.9 Å². The first kappa shape index (κ1) is 13.1. The van der Waals surface area contributed by atoms with Gasteiger partial charge in [0.15, 0.2) is 0 Å². The van der Waals surface area contributed by atoms with Gasteiger partial charge in [-0.2, -0.15) is 0 Å². The van der Waals surface area contributed by atoms with E-state index in [2.05, 4.69) is 4.74 Å². The van der Waals surface area contributed by atoms with Crippen LogP contribution in [0, 0.1) is 0 Å². The van der Waals surface area contributed by atoms with Crippen molar-refractivity contribution in [2.75, 3.05) is 6.54 Å². The number of alkyl halides is 3. The summed E-state index contributed by atoms with van der Waals surface area (Å²) in [6.07, 6.45) is -3.71. The van der Waals surface area contributed by atoms with Gasteiger partial charge in [0.2, 0.25) is 0 Å². The molecule has 0 radical (unpaired) electrons. The maximum Gasteiger partial charge on any atom is 0.573 e. The Balaban J connectivity index is 2.89. The smallest absolute Gasteiger partial charge is 0.406 e. The third-order valence-electron chi connectivity index (χ3n) is 1.90. The maximum absolute atomic E-state index is 12.1. The number of hydrogen-bond acceptors (Lipinski definition) is 2. The summed E-state index contributed by atoms with van der Waals surface area (Å²) in [5, 5.41) is 0.376. The number of rotatable bonds is 4. The summed E-state index contributed by atoms with van der Waals surface area (Å²) < 4.78 is 40.1. The molecular formula is C10H11ClF3NO. The molecule has 0 unspecified atom stereocenters. The minimum absolute atomic E-state index is 0.217. The first-order valence-electron chi connectivity index (χ1n) is 4.66. The van der Waals surface area contributed by atoms with Crippen LogP contribution >= 0.6 is 11.6 Å². The Bertz CT molecular complexity index is 354. The molecule has 16 heavy (non-hydrogen) atoms. The van der Waals surface area contributed by atoms with E-state index >= 15 is 0 Å². The van der Waals surface area contributed by atoms with E-state index in [1.54, 1.807) is 0 Å². The van der Waals surface area contributed by atoms with Crippen LogP contribution in [0.1, 0.15) is 12.0 Å². The van der Waals surface area contributed by atoms with E-state index in [-0.39, 0.29) is 5.75 Å². The molecule has 1 aromatic rings. The number of hydrogen-bond donors (Lipinski definition) is 1. The van der Waals surface area contributed by atoms with Crippen molar-refractivity contribution in [3.05, 3.63) is 28.8 Å². The predicted octanol–water partition coefficient (Wildman–Crippen LogP) is 3.13. The molecule has 0 heterocycles. The van der Waals surface area contributed by atoms with Crippen LogP contribution in [0.4, 0.5) is 13.2 Å². The Morgan fingerprint density at radius 2 is 2.00 bits per heavy atom. The van der Waals surface area contributed by atoms with E-state index in [0.717, 1.165) is 0 Å². The summed E-state index contributed by atoms with van der Waals surface area (Å²) in [6, 6.07) is 4.02. The van der Waals surface area contributed by atoms with Crippen LogP contribution in [0.3, 0.4) is 0 Å². The standard InChI is InChI=1S/C10H11ClF3NO/c11-8-3-4-9(16-10(12,13)14)7(6-8)2-1-5-15/h3-4,6H,1-2,5,15H2. The maximum atomic E-state index is 12.1. The second-order valence-electron chi connectivity index (χ2n) is 3.19. The average molecular weight is 254 g/mol. The lowest BCUT2D eigenvalue weighted by Crippen LogP contribution is -2.18. The Labute approximate surface area is 96.1 Å². The molecule has 0 aliphatic carbocycles. The van der Waals surface area contributed by atoms with Gasteiger partial charge >= 0.3 is 6.36 Å². The third-order valence-corrected chi connectivity index (χ3v) is 2.13. The van der Waals surface area contributed by atoms with Crippen LogP contribution in [0.2, 0.25) is 5.02 Å². The number of ether oxygens (including phenoxy) is 1. The molecule has 0 aliphatic heterocycles. The summed E-state index contributed by atoms with van der Waals surface area (Å²) in [7, 11) is 0. The molecule has 0 saturated heterocycles. The first-order valence-corrected chi connectivity index (χ1v) is 5.04. The van der Waals surface area contributed by atoms with Crippen molar-refractivity contribution in [1.82, 2.24) is 0 Å². The van der Waals surface area contributed by atoms with Crippen LogP contribution in [0.25, 0.3) is 0 Å². The zero-order valence-corrected chi connectivity index (χ0v) is 9.11. The number of aryl methyl sites for hydroxylation is 1. The normalized spacial score (nSPS) is 11.6. The zero-order chi connectivity index (χ0) is 12.2. The summed E-state index contributed by atoms with van der Waals surface area (Å²) in [5.41, 5.74) is 5.71. The lowest BCUT2D eigenvalue weighted by molar-refractivity contribution is -0.274. The molecule has 0 spiro atoms. The summed E-state index contributed by atoms with van der Waals surface area (Å²) in [6.45, 7) is 0.401. The fraction of sp³-hybridized carbons (Fsp3) is 0.400. The fourth-order valence-electron chi connectivity index (χ4n) is 1.26. The van der Waals surface area contributed by atoms with E-state index in [0.29, 0.717) is 30.0 Å². The molecule has 0 saturated carbocycles. The molecule has 0 aromatic heterocycles. The lowest BCUT2D eigenvalue weighted by Gasteiger charge is -2.13. The highest BCUT2D eigenvalue weighted by Crippen LogP contribution is 2.29. The van der Waals surface area contributed by atoms with Gasteiger partial charge in [-0.1, -0.05) is 11.6 Å². The van der Waals surface area contributed by atoms with Gasteiger partial charge in [0.05, 0.1) is 0 Å². The minimum atomic E-state index is -4.69. The molecule has 0 amide bonds. The SMILES string of the molecule is NCCCc1cc(Cl)ccc1OC(F)(F)F. The van der Waals surface area contributed by atoms with Crippen molar-refractivity contribution in [1.29, 1.82) is 0 Å². The summed E-state index contributed by atoms with van der Waals surface area (Å²) in [4.78, 5) is 0. The van der Waals surface area contributed by atoms with Gasteiger partial charge in [-0.05, 0) is 43.1 Å². The molecule has 0 atom stereocenters. The molecule has 0 aliphatic rings. The first-order chi connectivity index (χ1) is 7.42. The van der Waals surface area contributed by atoms with Gasteiger partial charge < -0.3 is 10.5 Å². The van der Waals surface area contributed by atoms with E-state index in [1.807, 2.05) is 0 Å². The number of halogens is 4. The van der Waals surface area contributed by atoms with Gasteiger partial charge in [-0.3, -0.25) is 0 Å². The van der Waals surface area contributed by atoms with Crippen LogP contribution in [-0.4, -0.2) is 12.9 Å². The third kappa shape index (κ3) is 4.28. The van der Waals surface area contributed by atoms with Crippen LogP contribution in [-0.2, 0) is 6.42 Å². The highest BCUT2D eigenvalue weighted by atomic mass is 35.5. The Hall–Kier alpha value is -0.940. The van der Waals surface area contributed by atoms with E-state index < -0.39 is 6.36 Å². The van der Waals surface area contributed by atoms with Gasteiger partial charge in [0.25, 0.3) is 0 Å². The molecule has 0 fully saturated rings. The zero-order valence-electron chi connectivity index (χ0n) is 8.35. The van der Waals surface area contributed by atoms with Crippen molar-refractivity contribution in [2.45, 2.75) is 19.2 Å². The fourth-order valence-corrected chi connectivity index (χ4v) is 1.45. The largest absolute Gasteiger partial charge is 0.573 e. The lowest BCUT2D eigenvalue weighted by atomic mass is 10.1. The summed E-state index contributed by atoms with van der Waals surface area (Å²) in [5.74, 6) is -0.217. The van der Waals surface area contributed by atoms with Crippen LogP contribution in [0.15, 0.2) is 18.2 Å². The monoisotopic (exact) mass is 253 g/mol. The Morgan fingerprint density at radius 3 is 2.56 bits per heavy atom. The molecule has 6 heteroatoms. The molecular weight excluding hydrogens is 243 g/mol. The molecule has 1 aromatic carbocycles. The van der Waals surface area contributed by atoms with Crippen molar-refractivity contribution >= 4 is 11.6 Å². The van der Waals surface area contributed by atoms with Gasteiger partial charge in [-0.15, -0.1) is 13.2 Å². The molecule has 2 nitrogen and oxygen atoms in total. The molecule has 2 N–H and O–H groups in total. The van der Waals surface area contributed by atoms with Crippen molar-refractivity contribution in [3.63, 3.8) is 0 Å². The highest BCUT2D eigenvalue weighted by Gasteiger charge is 2.31. The second-order valence-corrected chi connectivity index (χ2v) is 3.63. The number of nitrogens with two attached hydrogens (primary N) is 1. The highest BCUT2D eigenvalue weighted by molar-refractivity contribution is 6.30.